The Bertz CT molecular complexity index is 695. The van der Waals surface area contributed by atoms with Crippen LogP contribution in [0.15, 0.2) is 60.7 Å². The normalized spacial score (nSPS) is 23.5. The summed E-state index contributed by atoms with van der Waals surface area (Å²) in [5.41, 5.74) is 2.90. The molecule has 2 aromatic carbocycles. The monoisotopic (exact) mass is 364 g/mol. The van der Waals surface area contributed by atoms with Gasteiger partial charge in [0, 0.05) is 39.3 Å². The molecule has 27 heavy (non-hydrogen) atoms. The molecule has 1 atom stereocenters. The molecule has 0 aliphatic carbocycles. The second-order valence-corrected chi connectivity index (χ2v) is 8.34. The van der Waals surface area contributed by atoms with Gasteiger partial charge in [0.1, 0.15) is 0 Å². The standard InChI is InChI=1S/C24H32N2O/c1-21-18-26(19-23-10-6-3-7-11-23)20-24(27-21)13-16-25(17-14-24)15-12-22-8-4-2-5-9-22/h2-11,21H,12-20H2,1H3. The lowest BCUT2D eigenvalue weighted by Crippen LogP contribution is -2.58. The molecule has 2 aliphatic rings. The molecular weight excluding hydrogens is 332 g/mol. The molecule has 0 aromatic heterocycles. The predicted molar refractivity (Wildman–Crippen MR) is 111 cm³/mol. The quantitative estimate of drug-likeness (QED) is 0.798. The molecule has 0 saturated carbocycles. The van der Waals surface area contributed by atoms with Gasteiger partial charge in [-0.2, -0.15) is 0 Å². The number of hydrogen-bond donors (Lipinski definition) is 0. The number of piperidine rings is 1. The van der Waals surface area contributed by atoms with E-state index < -0.39 is 0 Å². The predicted octanol–water partition coefficient (Wildman–Crippen LogP) is 3.98. The lowest BCUT2D eigenvalue weighted by atomic mass is 9.88. The van der Waals surface area contributed by atoms with Crippen LogP contribution in [0.5, 0.6) is 0 Å². The third kappa shape index (κ3) is 4.98. The summed E-state index contributed by atoms with van der Waals surface area (Å²) in [5.74, 6) is 0. The van der Waals surface area contributed by atoms with Crippen LogP contribution >= 0.6 is 0 Å². The van der Waals surface area contributed by atoms with Gasteiger partial charge in [0.15, 0.2) is 0 Å². The molecule has 1 spiro atoms. The van der Waals surface area contributed by atoms with E-state index >= 15 is 0 Å². The molecule has 0 bridgehead atoms. The SMILES string of the molecule is CC1CN(Cc2ccccc2)CC2(CCN(CCc3ccccc3)CC2)O1. The number of rotatable bonds is 5. The summed E-state index contributed by atoms with van der Waals surface area (Å²) in [4.78, 5) is 5.21. The smallest absolute Gasteiger partial charge is 0.0837 e. The summed E-state index contributed by atoms with van der Waals surface area (Å²) in [5, 5.41) is 0. The number of nitrogens with zero attached hydrogens (tertiary/aromatic N) is 2. The second-order valence-electron chi connectivity index (χ2n) is 8.34. The van der Waals surface area contributed by atoms with E-state index in [-0.39, 0.29) is 5.60 Å². The van der Waals surface area contributed by atoms with Crippen molar-refractivity contribution < 1.29 is 4.74 Å². The van der Waals surface area contributed by atoms with E-state index in [1.165, 1.54) is 11.1 Å². The fourth-order valence-electron chi connectivity index (χ4n) is 4.69. The van der Waals surface area contributed by atoms with Gasteiger partial charge in [-0.15, -0.1) is 0 Å². The molecule has 2 fully saturated rings. The third-order valence-electron chi connectivity index (χ3n) is 6.05. The molecule has 2 aromatic rings. The zero-order valence-electron chi connectivity index (χ0n) is 16.5. The molecule has 2 aliphatic heterocycles. The van der Waals surface area contributed by atoms with Crippen LogP contribution in [0.25, 0.3) is 0 Å². The molecule has 2 heterocycles. The fourth-order valence-corrected chi connectivity index (χ4v) is 4.69. The van der Waals surface area contributed by atoms with Gasteiger partial charge in [-0.05, 0) is 37.3 Å². The summed E-state index contributed by atoms with van der Waals surface area (Å²) < 4.78 is 6.53. The molecule has 0 radical (unpaired) electrons. The van der Waals surface area contributed by atoms with Gasteiger partial charge < -0.3 is 9.64 Å². The van der Waals surface area contributed by atoms with Gasteiger partial charge in [-0.25, -0.2) is 0 Å². The Labute approximate surface area is 163 Å². The summed E-state index contributed by atoms with van der Waals surface area (Å²) in [6, 6.07) is 21.7. The minimum Gasteiger partial charge on any atom is -0.369 e. The highest BCUT2D eigenvalue weighted by atomic mass is 16.5. The van der Waals surface area contributed by atoms with Crippen molar-refractivity contribution in [3.05, 3.63) is 71.8 Å². The average molecular weight is 365 g/mol. The maximum atomic E-state index is 6.53. The van der Waals surface area contributed by atoms with Gasteiger partial charge in [-0.1, -0.05) is 60.7 Å². The lowest BCUT2D eigenvalue weighted by Gasteiger charge is -2.49. The molecule has 2 saturated heterocycles. The lowest BCUT2D eigenvalue weighted by molar-refractivity contribution is -0.171. The first kappa shape index (κ1) is 18.7. The van der Waals surface area contributed by atoms with E-state index in [2.05, 4.69) is 77.4 Å². The van der Waals surface area contributed by atoms with Crippen molar-refractivity contribution in [3.63, 3.8) is 0 Å². The summed E-state index contributed by atoms with van der Waals surface area (Å²) >= 11 is 0. The van der Waals surface area contributed by atoms with Crippen molar-refractivity contribution in [2.45, 2.75) is 44.4 Å². The third-order valence-corrected chi connectivity index (χ3v) is 6.05. The van der Waals surface area contributed by atoms with E-state index in [1.54, 1.807) is 0 Å². The first-order valence-corrected chi connectivity index (χ1v) is 10.4. The van der Waals surface area contributed by atoms with Crippen molar-refractivity contribution in [1.29, 1.82) is 0 Å². The Morgan fingerprint density at radius 2 is 1.52 bits per heavy atom. The van der Waals surface area contributed by atoms with Gasteiger partial charge in [0.25, 0.3) is 0 Å². The highest BCUT2D eigenvalue weighted by Crippen LogP contribution is 2.33. The molecule has 3 heteroatoms. The van der Waals surface area contributed by atoms with E-state index in [1.807, 2.05) is 0 Å². The largest absolute Gasteiger partial charge is 0.369 e. The summed E-state index contributed by atoms with van der Waals surface area (Å²) in [6.07, 6.45) is 3.76. The van der Waals surface area contributed by atoms with Crippen molar-refractivity contribution in [3.8, 4) is 0 Å². The zero-order chi connectivity index (χ0) is 18.5. The van der Waals surface area contributed by atoms with Gasteiger partial charge in [0.2, 0.25) is 0 Å². The first-order valence-electron chi connectivity index (χ1n) is 10.4. The molecule has 1 unspecified atom stereocenters. The van der Waals surface area contributed by atoms with Crippen molar-refractivity contribution in [2.24, 2.45) is 0 Å². The number of morpholine rings is 1. The van der Waals surface area contributed by atoms with E-state index in [4.69, 9.17) is 4.74 Å². The van der Waals surface area contributed by atoms with Crippen molar-refractivity contribution >= 4 is 0 Å². The van der Waals surface area contributed by atoms with Crippen LogP contribution < -0.4 is 0 Å². The van der Waals surface area contributed by atoms with E-state index in [9.17, 15) is 0 Å². The number of likely N-dealkylation sites (tertiary alicyclic amines) is 1. The maximum Gasteiger partial charge on any atom is 0.0837 e. The van der Waals surface area contributed by atoms with Gasteiger partial charge >= 0.3 is 0 Å². The van der Waals surface area contributed by atoms with E-state index in [0.717, 1.165) is 58.5 Å². The first-order chi connectivity index (χ1) is 13.2. The van der Waals surface area contributed by atoms with Crippen LogP contribution in [0.4, 0.5) is 0 Å². The minimum absolute atomic E-state index is 0.0513. The number of benzene rings is 2. The highest BCUT2D eigenvalue weighted by Gasteiger charge is 2.41. The number of hydrogen-bond acceptors (Lipinski definition) is 3. The Balaban J connectivity index is 1.31. The molecule has 0 N–H and O–H groups in total. The molecule has 0 amide bonds. The van der Waals surface area contributed by atoms with E-state index in [0.29, 0.717) is 6.10 Å². The second kappa shape index (κ2) is 8.55. The Morgan fingerprint density at radius 1 is 0.889 bits per heavy atom. The summed E-state index contributed by atoms with van der Waals surface area (Å²) in [7, 11) is 0. The van der Waals surface area contributed by atoms with Crippen LogP contribution in [0.2, 0.25) is 0 Å². The van der Waals surface area contributed by atoms with Crippen LogP contribution in [0.3, 0.4) is 0 Å². The molecule has 144 valence electrons. The maximum absolute atomic E-state index is 6.53. The van der Waals surface area contributed by atoms with Crippen molar-refractivity contribution in [1.82, 2.24) is 9.80 Å². The topological polar surface area (TPSA) is 15.7 Å². The number of ether oxygens (including phenoxy) is 1. The van der Waals surface area contributed by atoms with Crippen LogP contribution in [0.1, 0.15) is 30.9 Å². The Hall–Kier alpha value is -1.68. The summed E-state index contributed by atoms with van der Waals surface area (Å²) in [6.45, 7) is 8.84. The van der Waals surface area contributed by atoms with Gasteiger partial charge in [0.05, 0.1) is 11.7 Å². The molecule has 4 rings (SSSR count). The highest BCUT2D eigenvalue weighted by molar-refractivity contribution is 5.16. The zero-order valence-corrected chi connectivity index (χ0v) is 16.5. The molecular formula is C24H32N2O. The van der Waals surface area contributed by atoms with Crippen LogP contribution in [0, 0.1) is 0 Å². The molecule has 3 nitrogen and oxygen atoms in total. The Kier molecular flexibility index (Phi) is 5.92. The van der Waals surface area contributed by atoms with Gasteiger partial charge in [-0.3, -0.25) is 4.90 Å². The van der Waals surface area contributed by atoms with Crippen LogP contribution in [-0.4, -0.2) is 54.2 Å². The van der Waals surface area contributed by atoms with Crippen molar-refractivity contribution in [2.75, 3.05) is 32.7 Å². The Morgan fingerprint density at radius 3 is 2.19 bits per heavy atom. The van der Waals surface area contributed by atoms with Crippen LogP contribution in [-0.2, 0) is 17.7 Å². The minimum atomic E-state index is 0.0513. The fraction of sp³-hybridized carbons (Fsp3) is 0.500. The average Bonchev–Trinajstić information content (AvgIpc) is 2.69.